The van der Waals surface area contributed by atoms with Crippen molar-refractivity contribution < 1.29 is 4.74 Å². The predicted octanol–water partition coefficient (Wildman–Crippen LogP) is 2.66. The van der Waals surface area contributed by atoms with Gasteiger partial charge in [0, 0.05) is 0 Å². The number of hydrogen-bond donors (Lipinski definition) is 0. The molecule has 1 aromatic carbocycles. The summed E-state index contributed by atoms with van der Waals surface area (Å²) in [6.45, 7) is 4.60. The maximum absolute atomic E-state index is 5.76. The van der Waals surface area contributed by atoms with Gasteiger partial charge in [0.05, 0.1) is 0 Å². The van der Waals surface area contributed by atoms with Gasteiger partial charge in [-0.25, -0.2) is 0 Å². The van der Waals surface area contributed by atoms with Gasteiger partial charge in [-0.15, -0.1) is 0 Å². The minimum absolute atomic E-state index is 0.164. The molecule has 0 bridgehead atoms. The monoisotopic (exact) mass is 344 g/mol. The summed E-state index contributed by atoms with van der Waals surface area (Å²) in [5, 5.41) is 0. The van der Waals surface area contributed by atoms with E-state index < -0.39 is 0 Å². The van der Waals surface area contributed by atoms with Crippen LogP contribution < -0.4 is 3.61 Å². The zero-order valence-corrected chi connectivity index (χ0v) is 12.3. The SMILES string of the molecule is C=CCCC1C/C(=C\[Te]c2ccccc2)CO1. The van der Waals surface area contributed by atoms with Crippen molar-refractivity contribution in [1.29, 1.82) is 0 Å². The van der Waals surface area contributed by atoms with E-state index in [0.717, 1.165) is 25.9 Å². The molecule has 1 saturated heterocycles. The maximum atomic E-state index is 5.76. The molecular weight excluding hydrogens is 324 g/mol. The zero-order chi connectivity index (χ0) is 11.9. The predicted molar refractivity (Wildman–Crippen MR) is 73.7 cm³/mol. The van der Waals surface area contributed by atoms with Crippen LogP contribution in [-0.4, -0.2) is 33.6 Å². The molecule has 0 aromatic heterocycles. The first-order valence-corrected chi connectivity index (χ1v) is 8.51. The molecule has 1 nitrogen and oxygen atoms in total. The molecule has 90 valence electrons. The van der Waals surface area contributed by atoms with Gasteiger partial charge in [-0.2, -0.15) is 0 Å². The second-order valence-corrected chi connectivity index (χ2v) is 6.90. The molecule has 0 spiro atoms. The standard InChI is InChI=1S/C15H18OTe/c1-2-3-7-14-10-13(11-16-14)12-17-15-8-5-4-6-9-15/h2,4-6,8-9,12,14H,1,3,7,10-11H2/b13-12+. The van der Waals surface area contributed by atoms with Gasteiger partial charge in [0.25, 0.3) is 0 Å². The van der Waals surface area contributed by atoms with Crippen LogP contribution in [0.4, 0.5) is 0 Å². The second-order valence-electron chi connectivity index (χ2n) is 4.21. The van der Waals surface area contributed by atoms with E-state index in [1.54, 1.807) is 0 Å². The van der Waals surface area contributed by atoms with E-state index >= 15 is 0 Å². The van der Waals surface area contributed by atoms with E-state index in [4.69, 9.17) is 4.74 Å². The van der Waals surface area contributed by atoms with Crippen LogP contribution in [0.3, 0.4) is 0 Å². The molecule has 0 saturated carbocycles. The summed E-state index contributed by atoms with van der Waals surface area (Å²) in [5.74, 6) is 0. The van der Waals surface area contributed by atoms with Crippen molar-refractivity contribution >= 4 is 24.5 Å². The Morgan fingerprint density at radius 2 is 2.18 bits per heavy atom. The average molecular weight is 342 g/mol. The summed E-state index contributed by atoms with van der Waals surface area (Å²) in [5.41, 5.74) is 1.50. The van der Waals surface area contributed by atoms with E-state index in [9.17, 15) is 0 Å². The Kier molecular flexibility index (Phi) is 5.32. The van der Waals surface area contributed by atoms with E-state index in [-0.39, 0.29) is 20.9 Å². The minimum atomic E-state index is -0.164. The van der Waals surface area contributed by atoms with Crippen LogP contribution in [0.1, 0.15) is 19.3 Å². The molecule has 17 heavy (non-hydrogen) atoms. The summed E-state index contributed by atoms with van der Waals surface area (Å²) in [6.07, 6.45) is 5.72. The Morgan fingerprint density at radius 3 is 2.94 bits per heavy atom. The van der Waals surface area contributed by atoms with Gasteiger partial charge in [0.2, 0.25) is 0 Å². The van der Waals surface area contributed by atoms with E-state index in [1.165, 1.54) is 9.18 Å². The Balaban J connectivity index is 1.82. The molecule has 1 heterocycles. The quantitative estimate of drug-likeness (QED) is 0.591. The van der Waals surface area contributed by atoms with Gasteiger partial charge in [0.15, 0.2) is 0 Å². The average Bonchev–Trinajstić information content (AvgIpc) is 2.83. The van der Waals surface area contributed by atoms with Crippen molar-refractivity contribution in [3.63, 3.8) is 0 Å². The molecule has 2 rings (SSSR count). The summed E-state index contributed by atoms with van der Waals surface area (Å²) >= 11 is -0.164. The fraction of sp³-hybridized carbons (Fsp3) is 0.333. The first-order chi connectivity index (χ1) is 8.38. The molecular formula is C15H18OTe. The van der Waals surface area contributed by atoms with E-state index in [0.29, 0.717) is 6.10 Å². The molecule has 0 amide bonds. The molecule has 0 radical (unpaired) electrons. The van der Waals surface area contributed by atoms with Crippen molar-refractivity contribution in [2.45, 2.75) is 25.4 Å². The topological polar surface area (TPSA) is 9.23 Å². The third kappa shape index (κ3) is 4.31. The van der Waals surface area contributed by atoms with Crippen LogP contribution in [0.25, 0.3) is 0 Å². The summed E-state index contributed by atoms with van der Waals surface area (Å²) < 4.78 is 9.71. The number of benzene rings is 1. The Morgan fingerprint density at radius 1 is 1.35 bits per heavy atom. The van der Waals surface area contributed by atoms with Gasteiger partial charge in [-0.1, -0.05) is 0 Å². The summed E-state index contributed by atoms with van der Waals surface area (Å²) in [6, 6.07) is 10.8. The summed E-state index contributed by atoms with van der Waals surface area (Å²) in [4.78, 5) is 0. The van der Waals surface area contributed by atoms with Crippen LogP contribution in [0, 0.1) is 0 Å². The zero-order valence-electron chi connectivity index (χ0n) is 9.97. The normalized spacial score (nSPS) is 21.9. The molecule has 1 atom stereocenters. The van der Waals surface area contributed by atoms with Crippen LogP contribution in [-0.2, 0) is 4.74 Å². The third-order valence-electron chi connectivity index (χ3n) is 2.79. The van der Waals surface area contributed by atoms with Gasteiger partial charge in [0.1, 0.15) is 0 Å². The molecule has 1 unspecified atom stereocenters. The van der Waals surface area contributed by atoms with Gasteiger partial charge < -0.3 is 0 Å². The Hall–Kier alpha value is -0.550. The van der Waals surface area contributed by atoms with Gasteiger partial charge in [-0.3, -0.25) is 0 Å². The summed E-state index contributed by atoms with van der Waals surface area (Å²) in [7, 11) is 0. The fourth-order valence-corrected chi connectivity index (χ4v) is 4.09. The molecule has 1 fully saturated rings. The number of rotatable bonds is 5. The van der Waals surface area contributed by atoms with Crippen LogP contribution >= 0.6 is 0 Å². The molecule has 0 aliphatic carbocycles. The van der Waals surface area contributed by atoms with Crippen LogP contribution in [0.2, 0.25) is 0 Å². The van der Waals surface area contributed by atoms with Crippen molar-refractivity contribution in [1.82, 2.24) is 0 Å². The van der Waals surface area contributed by atoms with Gasteiger partial charge >= 0.3 is 114 Å². The molecule has 0 N–H and O–H groups in total. The van der Waals surface area contributed by atoms with Crippen molar-refractivity contribution in [3.05, 3.63) is 52.7 Å². The number of allylic oxidation sites excluding steroid dienone is 1. The van der Waals surface area contributed by atoms with Crippen molar-refractivity contribution in [2.24, 2.45) is 0 Å². The first kappa shape index (κ1) is 12.9. The van der Waals surface area contributed by atoms with Gasteiger partial charge in [-0.05, 0) is 0 Å². The molecule has 1 aliphatic rings. The molecule has 2 heteroatoms. The second kappa shape index (κ2) is 7.01. The van der Waals surface area contributed by atoms with E-state index in [1.807, 2.05) is 6.08 Å². The number of hydrogen-bond acceptors (Lipinski definition) is 1. The fourth-order valence-electron chi connectivity index (χ4n) is 1.86. The van der Waals surface area contributed by atoms with Crippen molar-refractivity contribution in [3.8, 4) is 0 Å². The van der Waals surface area contributed by atoms with E-state index in [2.05, 4.69) is 41.0 Å². The number of ether oxygens (including phenoxy) is 1. The Labute approximate surface area is 114 Å². The van der Waals surface area contributed by atoms with Crippen LogP contribution in [0.15, 0.2) is 52.7 Å². The van der Waals surface area contributed by atoms with Crippen LogP contribution in [0.5, 0.6) is 0 Å². The van der Waals surface area contributed by atoms with Crippen molar-refractivity contribution in [2.75, 3.05) is 6.61 Å². The first-order valence-electron chi connectivity index (χ1n) is 6.00. The molecule has 1 aromatic rings. The molecule has 1 aliphatic heterocycles. The third-order valence-corrected chi connectivity index (χ3v) is 5.63. The Bertz CT molecular complexity index is 383.